The van der Waals surface area contributed by atoms with Gasteiger partial charge in [-0.2, -0.15) is 0 Å². The van der Waals surface area contributed by atoms with Crippen LogP contribution in [0.1, 0.15) is 13.3 Å². The minimum Gasteiger partial charge on any atom is -0.392 e. The summed E-state index contributed by atoms with van der Waals surface area (Å²) in [5.74, 6) is -0.754. The van der Waals surface area contributed by atoms with Crippen LogP contribution >= 0.6 is 0 Å². The fraction of sp³-hybridized carbons (Fsp3) is 0.727. The number of amides is 1. The van der Waals surface area contributed by atoms with Gasteiger partial charge in [0.1, 0.15) is 0 Å². The molecule has 2 atom stereocenters. The van der Waals surface area contributed by atoms with Crippen molar-refractivity contribution in [1.82, 2.24) is 5.06 Å². The van der Waals surface area contributed by atoms with Gasteiger partial charge in [-0.3, -0.25) is 9.63 Å². The maximum atomic E-state index is 11.6. The number of nitrogens with zero attached hydrogens (tertiary/aromatic N) is 1. The highest BCUT2D eigenvalue weighted by Gasteiger charge is 2.24. The van der Waals surface area contributed by atoms with Crippen LogP contribution in [0.5, 0.6) is 0 Å². The highest BCUT2D eigenvalue weighted by molar-refractivity contribution is 5.77. The third kappa shape index (κ3) is 5.25. The van der Waals surface area contributed by atoms with E-state index in [2.05, 4.69) is 6.58 Å². The van der Waals surface area contributed by atoms with E-state index in [0.717, 1.165) is 5.06 Å². The first-order chi connectivity index (χ1) is 7.54. The molecule has 0 rings (SSSR count). The molecular formula is C11H21NO4. The SMILES string of the molecule is C=CCOCC[C@H](O)[C@@H](C)C(=O)N(C)OC. The average Bonchev–Trinajstić information content (AvgIpc) is 2.31. The van der Waals surface area contributed by atoms with Crippen LogP contribution in [-0.4, -0.2) is 49.6 Å². The molecule has 0 aromatic heterocycles. The van der Waals surface area contributed by atoms with Gasteiger partial charge >= 0.3 is 0 Å². The fourth-order valence-electron chi connectivity index (χ4n) is 1.16. The fourth-order valence-corrected chi connectivity index (χ4v) is 1.16. The summed E-state index contributed by atoms with van der Waals surface area (Å²) in [5, 5.41) is 10.8. The van der Waals surface area contributed by atoms with E-state index >= 15 is 0 Å². The molecule has 5 heteroatoms. The molecule has 0 saturated carbocycles. The monoisotopic (exact) mass is 231 g/mol. The van der Waals surface area contributed by atoms with Crippen molar-refractivity contribution in [3.05, 3.63) is 12.7 Å². The molecule has 0 bridgehead atoms. The van der Waals surface area contributed by atoms with Gasteiger partial charge in [0.25, 0.3) is 5.91 Å². The van der Waals surface area contributed by atoms with Crippen LogP contribution in [0.25, 0.3) is 0 Å². The Labute approximate surface area is 96.6 Å². The van der Waals surface area contributed by atoms with Gasteiger partial charge in [0.05, 0.1) is 25.7 Å². The van der Waals surface area contributed by atoms with Gasteiger partial charge in [0.2, 0.25) is 0 Å². The number of aliphatic hydroxyl groups excluding tert-OH is 1. The zero-order valence-electron chi connectivity index (χ0n) is 10.2. The predicted octanol–water partition coefficient (Wildman–Crippen LogP) is 0.596. The van der Waals surface area contributed by atoms with Gasteiger partial charge in [-0.15, -0.1) is 6.58 Å². The summed E-state index contributed by atoms with van der Waals surface area (Å²) in [6.45, 7) is 6.03. The van der Waals surface area contributed by atoms with E-state index in [1.54, 1.807) is 13.0 Å². The van der Waals surface area contributed by atoms with E-state index in [-0.39, 0.29) is 5.91 Å². The molecule has 1 amide bonds. The van der Waals surface area contributed by atoms with E-state index in [1.165, 1.54) is 14.2 Å². The molecule has 0 heterocycles. The third-order valence-corrected chi connectivity index (χ3v) is 2.34. The third-order valence-electron chi connectivity index (χ3n) is 2.34. The number of rotatable bonds is 8. The van der Waals surface area contributed by atoms with Crippen LogP contribution in [0.2, 0.25) is 0 Å². The number of hydrogen-bond donors (Lipinski definition) is 1. The minimum atomic E-state index is -0.727. The van der Waals surface area contributed by atoms with Crippen molar-refractivity contribution in [1.29, 1.82) is 0 Å². The van der Waals surface area contributed by atoms with Gasteiger partial charge in [0, 0.05) is 13.7 Å². The summed E-state index contributed by atoms with van der Waals surface area (Å²) in [6, 6.07) is 0. The van der Waals surface area contributed by atoms with Gasteiger partial charge < -0.3 is 9.84 Å². The quantitative estimate of drug-likeness (QED) is 0.377. The molecule has 0 saturated heterocycles. The molecule has 16 heavy (non-hydrogen) atoms. The summed E-state index contributed by atoms with van der Waals surface area (Å²) in [6.07, 6.45) is 1.33. The summed E-state index contributed by atoms with van der Waals surface area (Å²) in [7, 11) is 2.92. The second kappa shape index (κ2) is 8.27. The lowest BCUT2D eigenvalue weighted by molar-refractivity contribution is -0.176. The maximum Gasteiger partial charge on any atom is 0.251 e. The Morgan fingerprint density at radius 1 is 1.62 bits per heavy atom. The molecule has 1 N–H and O–H groups in total. The summed E-state index contributed by atoms with van der Waals surface area (Å²) >= 11 is 0. The van der Waals surface area contributed by atoms with Crippen molar-refractivity contribution in [2.75, 3.05) is 27.4 Å². The Morgan fingerprint density at radius 2 is 2.25 bits per heavy atom. The van der Waals surface area contributed by atoms with Gasteiger partial charge in [-0.25, -0.2) is 5.06 Å². The van der Waals surface area contributed by atoms with Gasteiger partial charge in [0.15, 0.2) is 0 Å². The van der Waals surface area contributed by atoms with E-state index in [0.29, 0.717) is 19.6 Å². The van der Waals surface area contributed by atoms with Crippen LogP contribution < -0.4 is 0 Å². The second-order valence-electron chi connectivity index (χ2n) is 3.53. The Hall–Kier alpha value is -0.910. The Morgan fingerprint density at radius 3 is 2.75 bits per heavy atom. The Kier molecular flexibility index (Phi) is 7.80. The van der Waals surface area contributed by atoms with Crippen molar-refractivity contribution in [2.24, 2.45) is 5.92 Å². The minimum absolute atomic E-state index is 0.251. The van der Waals surface area contributed by atoms with Crippen LogP contribution in [0.4, 0.5) is 0 Å². The van der Waals surface area contributed by atoms with Crippen molar-refractivity contribution < 1.29 is 19.5 Å². The van der Waals surface area contributed by atoms with Crippen LogP contribution in [0.3, 0.4) is 0 Å². The smallest absolute Gasteiger partial charge is 0.251 e. The highest BCUT2D eigenvalue weighted by Crippen LogP contribution is 2.10. The van der Waals surface area contributed by atoms with Crippen molar-refractivity contribution in [2.45, 2.75) is 19.4 Å². The highest BCUT2D eigenvalue weighted by atomic mass is 16.7. The molecule has 5 nitrogen and oxygen atoms in total. The number of hydroxylamine groups is 2. The molecule has 0 aliphatic rings. The molecule has 0 fully saturated rings. The first-order valence-corrected chi connectivity index (χ1v) is 5.23. The maximum absolute atomic E-state index is 11.6. The Bertz CT molecular complexity index is 220. The molecule has 0 radical (unpaired) electrons. The molecule has 0 spiro atoms. The first-order valence-electron chi connectivity index (χ1n) is 5.23. The number of carbonyl (C=O) groups excluding carboxylic acids is 1. The van der Waals surface area contributed by atoms with Crippen LogP contribution in [0, 0.1) is 5.92 Å². The lowest BCUT2D eigenvalue weighted by atomic mass is 10.0. The number of aliphatic hydroxyl groups is 1. The lowest BCUT2D eigenvalue weighted by Gasteiger charge is -2.22. The second-order valence-corrected chi connectivity index (χ2v) is 3.53. The number of hydrogen-bond acceptors (Lipinski definition) is 4. The van der Waals surface area contributed by atoms with Crippen molar-refractivity contribution in [3.8, 4) is 0 Å². The Balaban J connectivity index is 3.92. The van der Waals surface area contributed by atoms with Gasteiger partial charge in [-0.05, 0) is 6.42 Å². The van der Waals surface area contributed by atoms with E-state index in [1.807, 2.05) is 0 Å². The van der Waals surface area contributed by atoms with Crippen LogP contribution in [0.15, 0.2) is 12.7 Å². The van der Waals surface area contributed by atoms with Gasteiger partial charge in [-0.1, -0.05) is 13.0 Å². The summed E-state index contributed by atoms with van der Waals surface area (Å²) < 4.78 is 5.14. The van der Waals surface area contributed by atoms with Crippen molar-refractivity contribution in [3.63, 3.8) is 0 Å². The molecule has 0 unspecified atom stereocenters. The molecule has 0 aliphatic heterocycles. The van der Waals surface area contributed by atoms with E-state index in [4.69, 9.17) is 9.57 Å². The normalized spacial score (nSPS) is 14.2. The van der Waals surface area contributed by atoms with Crippen LogP contribution in [-0.2, 0) is 14.4 Å². The largest absolute Gasteiger partial charge is 0.392 e. The topological polar surface area (TPSA) is 59.0 Å². The van der Waals surface area contributed by atoms with E-state index < -0.39 is 12.0 Å². The molecule has 0 aromatic rings. The zero-order chi connectivity index (χ0) is 12.6. The number of ether oxygens (including phenoxy) is 1. The molecule has 94 valence electrons. The van der Waals surface area contributed by atoms with E-state index in [9.17, 15) is 9.90 Å². The first kappa shape index (κ1) is 15.1. The van der Waals surface area contributed by atoms with Crippen molar-refractivity contribution >= 4 is 5.91 Å². The standard InChI is InChI=1S/C11H21NO4/c1-5-7-16-8-6-10(13)9(2)11(14)12(3)15-4/h5,9-10,13H,1,6-8H2,2-4H3/t9-,10+/m1/s1. The summed E-state index contributed by atoms with van der Waals surface area (Å²) in [4.78, 5) is 16.3. The zero-order valence-corrected chi connectivity index (χ0v) is 10.2. The molecular weight excluding hydrogens is 210 g/mol. The average molecular weight is 231 g/mol. The lowest BCUT2D eigenvalue weighted by Crippen LogP contribution is -2.37. The molecule has 0 aliphatic carbocycles. The molecule has 0 aromatic carbocycles. The predicted molar refractivity (Wildman–Crippen MR) is 60.6 cm³/mol. The number of carbonyl (C=O) groups is 1. The summed E-state index contributed by atoms with van der Waals surface area (Å²) in [5.41, 5.74) is 0.